The van der Waals surface area contributed by atoms with Gasteiger partial charge in [0.1, 0.15) is 0 Å². The highest BCUT2D eigenvalue weighted by molar-refractivity contribution is 8.18. The molecule has 2 heterocycles. The molecule has 5 nitrogen and oxygen atoms in total. The molecule has 1 aromatic carbocycles. The average Bonchev–Trinajstić information content (AvgIpc) is 3.19. The molecule has 0 atom stereocenters. The summed E-state index contributed by atoms with van der Waals surface area (Å²) in [6.07, 6.45) is 3.98. The maximum absolute atomic E-state index is 13.0. The van der Waals surface area contributed by atoms with Crippen LogP contribution in [0.5, 0.6) is 0 Å². The third-order valence-corrected chi connectivity index (χ3v) is 5.42. The number of anilines is 1. The second kappa shape index (κ2) is 8.27. The molecule has 6 heteroatoms. The number of carbonyl (C=O) groups excluding carboxylic acids is 1. The first-order valence-electron chi connectivity index (χ1n) is 9.54. The van der Waals surface area contributed by atoms with Crippen LogP contribution < -0.4 is 4.90 Å². The summed E-state index contributed by atoms with van der Waals surface area (Å²) in [6.45, 7) is 8.10. The molecule has 0 N–H and O–H groups in total. The van der Waals surface area contributed by atoms with E-state index in [4.69, 9.17) is 0 Å². The van der Waals surface area contributed by atoms with Gasteiger partial charge in [0.15, 0.2) is 5.17 Å². The lowest BCUT2D eigenvalue weighted by Gasteiger charge is -2.20. The number of hydrogen-bond donors (Lipinski definition) is 0. The molecule has 1 aliphatic rings. The smallest absolute Gasteiger partial charge is 0.267 e. The minimum absolute atomic E-state index is 0.0232. The summed E-state index contributed by atoms with van der Waals surface area (Å²) in [5.74, 6) is 0.0232. The van der Waals surface area contributed by atoms with Crippen molar-refractivity contribution in [3.63, 3.8) is 0 Å². The molecule has 0 saturated carbocycles. The summed E-state index contributed by atoms with van der Waals surface area (Å²) in [6, 6.07) is 12.6. The van der Waals surface area contributed by atoms with Gasteiger partial charge in [-0.1, -0.05) is 0 Å². The second-order valence-corrected chi connectivity index (χ2v) is 8.61. The van der Waals surface area contributed by atoms with Gasteiger partial charge in [0, 0.05) is 49.4 Å². The van der Waals surface area contributed by atoms with Crippen molar-refractivity contribution in [2.45, 2.75) is 39.8 Å². The van der Waals surface area contributed by atoms with Gasteiger partial charge in [0.2, 0.25) is 0 Å². The van der Waals surface area contributed by atoms with Gasteiger partial charge in [0.05, 0.1) is 4.91 Å². The Balaban J connectivity index is 1.95. The van der Waals surface area contributed by atoms with E-state index in [-0.39, 0.29) is 18.0 Å². The monoisotopic (exact) mass is 396 g/mol. The summed E-state index contributed by atoms with van der Waals surface area (Å²) in [4.78, 5) is 22.2. The first-order chi connectivity index (χ1) is 13.3. The Kier molecular flexibility index (Phi) is 5.98. The number of carbonyl (C=O) groups is 1. The zero-order valence-corrected chi connectivity index (χ0v) is 18.2. The van der Waals surface area contributed by atoms with Gasteiger partial charge >= 0.3 is 0 Å². The van der Waals surface area contributed by atoms with E-state index in [2.05, 4.69) is 38.7 Å². The number of hydrogen-bond acceptors (Lipinski definition) is 4. The summed E-state index contributed by atoms with van der Waals surface area (Å²) >= 11 is 1.46. The lowest BCUT2D eigenvalue weighted by atomic mass is 10.2. The number of thioether (sulfide) groups is 1. The largest absolute Gasteiger partial charge is 0.378 e. The van der Waals surface area contributed by atoms with Crippen molar-refractivity contribution in [2.24, 2.45) is 4.99 Å². The zero-order chi connectivity index (χ0) is 20.4. The Labute approximate surface area is 171 Å². The van der Waals surface area contributed by atoms with E-state index < -0.39 is 0 Å². The number of nitrogens with zero attached hydrogens (tertiary/aromatic N) is 4. The first-order valence-corrected chi connectivity index (χ1v) is 10.4. The van der Waals surface area contributed by atoms with E-state index in [9.17, 15) is 4.79 Å². The Morgan fingerprint density at radius 1 is 1.07 bits per heavy atom. The van der Waals surface area contributed by atoms with Gasteiger partial charge in [-0.3, -0.25) is 14.7 Å². The number of aromatic nitrogens is 1. The quantitative estimate of drug-likeness (QED) is 0.692. The summed E-state index contributed by atoms with van der Waals surface area (Å²) in [5.41, 5.74) is 3.19. The lowest BCUT2D eigenvalue weighted by Crippen LogP contribution is -2.35. The van der Waals surface area contributed by atoms with Crippen molar-refractivity contribution >= 4 is 34.6 Å². The van der Waals surface area contributed by atoms with Crippen molar-refractivity contribution in [2.75, 3.05) is 19.0 Å². The number of amides is 1. The average molecular weight is 397 g/mol. The van der Waals surface area contributed by atoms with Gasteiger partial charge in [0.25, 0.3) is 5.91 Å². The van der Waals surface area contributed by atoms with E-state index >= 15 is 0 Å². The van der Waals surface area contributed by atoms with Gasteiger partial charge in [-0.25, -0.2) is 0 Å². The minimum atomic E-state index is 0.0232. The fraction of sp³-hybridized carbons (Fsp3) is 0.364. The van der Waals surface area contributed by atoms with Crippen molar-refractivity contribution in [1.82, 2.24) is 9.47 Å². The Morgan fingerprint density at radius 3 is 2.32 bits per heavy atom. The first kappa shape index (κ1) is 20.3. The molecular weight excluding hydrogens is 368 g/mol. The standard InChI is InChI=1S/C22H28N4OS/c1-15(2)23-22-26(16(3)4)21(27)20(28-22)14-19-8-7-13-25(19)18-11-9-17(10-12-18)24(5)6/h7-16H,1-6H3/b20-14+,23-22?. The van der Waals surface area contributed by atoms with Crippen molar-refractivity contribution in [1.29, 1.82) is 0 Å². The molecule has 2 aromatic rings. The molecule has 0 bridgehead atoms. The van der Waals surface area contributed by atoms with Gasteiger partial charge in [-0.2, -0.15) is 0 Å². The van der Waals surface area contributed by atoms with E-state index in [0.29, 0.717) is 4.91 Å². The van der Waals surface area contributed by atoms with Crippen molar-refractivity contribution in [3.8, 4) is 5.69 Å². The number of rotatable bonds is 5. The zero-order valence-electron chi connectivity index (χ0n) is 17.4. The molecule has 28 heavy (non-hydrogen) atoms. The highest BCUT2D eigenvalue weighted by atomic mass is 32.2. The summed E-state index contributed by atoms with van der Waals surface area (Å²) < 4.78 is 2.09. The molecule has 0 spiro atoms. The SMILES string of the molecule is CC(C)N=C1S/C(=C/c2cccn2-c2ccc(N(C)C)cc2)C(=O)N1C(C)C. The van der Waals surface area contributed by atoms with Crippen LogP contribution in [0.15, 0.2) is 52.5 Å². The fourth-order valence-corrected chi connectivity index (χ4v) is 4.26. The second-order valence-electron chi connectivity index (χ2n) is 7.60. The number of amidine groups is 1. The van der Waals surface area contributed by atoms with Crippen molar-refractivity contribution in [3.05, 3.63) is 53.2 Å². The van der Waals surface area contributed by atoms with Crippen LogP contribution in [0.3, 0.4) is 0 Å². The molecule has 148 valence electrons. The molecule has 1 saturated heterocycles. The molecule has 0 unspecified atom stereocenters. The van der Waals surface area contributed by atoms with Crippen LogP contribution in [0.2, 0.25) is 0 Å². The van der Waals surface area contributed by atoms with E-state index in [1.54, 1.807) is 4.90 Å². The molecule has 3 rings (SSSR count). The van der Waals surface area contributed by atoms with Gasteiger partial charge in [-0.05, 0) is 81.9 Å². The molecule has 0 radical (unpaired) electrons. The fourth-order valence-electron chi connectivity index (χ4n) is 3.05. The molecular formula is C22H28N4OS. The van der Waals surface area contributed by atoms with Crippen LogP contribution in [-0.4, -0.2) is 46.7 Å². The Morgan fingerprint density at radius 2 is 1.75 bits per heavy atom. The van der Waals surface area contributed by atoms with Crippen molar-refractivity contribution < 1.29 is 4.79 Å². The van der Waals surface area contributed by atoms with E-state index in [0.717, 1.165) is 22.2 Å². The van der Waals surface area contributed by atoms with E-state index in [1.807, 2.05) is 66.2 Å². The third kappa shape index (κ3) is 4.17. The number of benzene rings is 1. The number of aliphatic imine (C=N–C) groups is 1. The van der Waals surface area contributed by atoms with Crippen LogP contribution in [-0.2, 0) is 4.79 Å². The maximum atomic E-state index is 13.0. The molecule has 1 aromatic heterocycles. The summed E-state index contributed by atoms with van der Waals surface area (Å²) in [5, 5.41) is 0.787. The molecule has 0 aliphatic carbocycles. The highest BCUT2D eigenvalue weighted by Gasteiger charge is 2.35. The Bertz CT molecular complexity index is 907. The normalized spacial score (nSPS) is 17.6. The van der Waals surface area contributed by atoms with Crippen LogP contribution >= 0.6 is 11.8 Å². The molecule has 1 aliphatic heterocycles. The Hall–Kier alpha value is -2.47. The highest BCUT2D eigenvalue weighted by Crippen LogP contribution is 2.34. The minimum Gasteiger partial charge on any atom is -0.378 e. The van der Waals surface area contributed by atoms with Crippen LogP contribution in [0, 0.1) is 0 Å². The van der Waals surface area contributed by atoms with Crippen LogP contribution in [0.1, 0.15) is 33.4 Å². The third-order valence-electron chi connectivity index (χ3n) is 4.43. The van der Waals surface area contributed by atoms with Gasteiger partial charge < -0.3 is 9.47 Å². The predicted octanol–water partition coefficient (Wildman–Crippen LogP) is 4.63. The van der Waals surface area contributed by atoms with Gasteiger partial charge in [-0.15, -0.1) is 0 Å². The maximum Gasteiger partial charge on any atom is 0.267 e. The lowest BCUT2D eigenvalue weighted by molar-refractivity contribution is -0.123. The topological polar surface area (TPSA) is 40.8 Å². The predicted molar refractivity (Wildman–Crippen MR) is 120 cm³/mol. The van der Waals surface area contributed by atoms with E-state index in [1.165, 1.54) is 11.8 Å². The van der Waals surface area contributed by atoms with Crippen LogP contribution in [0.4, 0.5) is 5.69 Å². The molecule has 1 amide bonds. The summed E-state index contributed by atoms with van der Waals surface area (Å²) in [7, 11) is 4.06. The van der Waals surface area contributed by atoms with Crippen LogP contribution in [0.25, 0.3) is 11.8 Å². The molecule has 1 fully saturated rings.